The van der Waals surface area contributed by atoms with Crippen LogP contribution in [-0.2, 0) is 18.1 Å². The molecule has 0 aromatic heterocycles. The Balaban J connectivity index is 4.97. The molecule has 0 amide bonds. The average Bonchev–Trinajstić information content (AvgIpc) is 2.27. The van der Waals surface area contributed by atoms with E-state index in [1.54, 1.807) is 41.5 Å². The molecule has 20 heavy (non-hydrogen) atoms. The van der Waals surface area contributed by atoms with Crippen molar-refractivity contribution in [2.24, 2.45) is 0 Å². The van der Waals surface area contributed by atoms with Crippen LogP contribution in [-0.4, -0.2) is 34.4 Å². The van der Waals surface area contributed by atoms with Crippen LogP contribution in [0.3, 0.4) is 0 Å². The van der Waals surface area contributed by atoms with Crippen LogP contribution in [0.2, 0.25) is 0 Å². The number of hydrogen-bond donors (Lipinski definition) is 0. The van der Waals surface area contributed by atoms with Crippen LogP contribution < -0.4 is 0 Å². The van der Waals surface area contributed by atoms with Crippen LogP contribution in [0.5, 0.6) is 0 Å². The highest BCUT2D eigenvalue weighted by atomic mass is 35.5. The summed E-state index contributed by atoms with van der Waals surface area (Å²) in [6.45, 7) is 10.3. The van der Waals surface area contributed by atoms with Gasteiger partial charge in [0.05, 0.1) is 34.4 Å². The van der Waals surface area contributed by atoms with Gasteiger partial charge < -0.3 is 0 Å². The van der Waals surface area contributed by atoms with Gasteiger partial charge in [0.2, 0.25) is 0 Å². The Hall–Kier alpha value is 0.980. The maximum absolute atomic E-state index is 12.7. The minimum absolute atomic E-state index is 0.344. The first-order chi connectivity index (χ1) is 8.98. The first-order valence-corrected chi connectivity index (χ1v) is 9.33. The monoisotopic (exact) mass is 368 g/mol. The molecule has 0 spiro atoms. The second-order valence-electron chi connectivity index (χ2n) is 4.91. The lowest BCUT2D eigenvalue weighted by atomic mass is 10.3. The van der Waals surface area contributed by atoms with E-state index < -0.39 is 26.1 Å². The molecule has 0 aromatic rings. The summed E-state index contributed by atoms with van der Waals surface area (Å²) in [5, 5.41) is -1.03. The Kier molecular flexibility index (Phi) is 9.64. The molecule has 0 radical (unpaired) electrons. The van der Waals surface area contributed by atoms with Crippen LogP contribution in [0.25, 0.3) is 0 Å². The van der Waals surface area contributed by atoms with Crippen LogP contribution in [0.4, 0.5) is 0 Å². The number of hydrogen-bond acceptors (Lipinski definition) is 4. The van der Waals surface area contributed by atoms with Gasteiger partial charge >= 0.3 is 7.82 Å². The standard InChI is InChI=1S/C12H24Cl3O4P/c1-7(13)10(4)17-20(16,18-11(5)8(2)14)19-12(6)9(3)15/h7-12H,1-6H3. The summed E-state index contributed by atoms with van der Waals surface area (Å²) in [7, 11) is -3.80. The zero-order chi connectivity index (χ0) is 16.1. The van der Waals surface area contributed by atoms with Crippen molar-refractivity contribution in [1.82, 2.24) is 0 Å². The van der Waals surface area contributed by atoms with E-state index in [-0.39, 0.29) is 16.1 Å². The number of alkyl halides is 3. The van der Waals surface area contributed by atoms with Gasteiger partial charge in [0, 0.05) is 0 Å². The fourth-order valence-corrected chi connectivity index (χ4v) is 3.23. The quantitative estimate of drug-likeness (QED) is 0.414. The second-order valence-corrected chi connectivity index (χ2v) is 8.50. The fraction of sp³-hybridized carbons (Fsp3) is 1.00. The SMILES string of the molecule is CC(Cl)C(C)OP(=O)(OC(C)C(C)Cl)OC(C)C(C)Cl. The molecule has 6 atom stereocenters. The number of rotatable bonds is 9. The van der Waals surface area contributed by atoms with Crippen molar-refractivity contribution in [2.75, 3.05) is 0 Å². The average molecular weight is 370 g/mol. The first-order valence-electron chi connectivity index (χ1n) is 6.56. The summed E-state index contributed by atoms with van der Waals surface area (Å²) >= 11 is 17.8. The zero-order valence-corrected chi connectivity index (χ0v) is 15.8. The maximum atomic E-state index is 12.7. The van der Waals surface area contributed by atoms with Crippen molar-refractivity contribution in [3.8, 4) is 0 Å². The van der Waals surface area contributed by atoms with Crippen molar-refractivity contribution < 1.29 is 18.1 Å². The molecule has 0 N–H and O–H groups in total. The topological polar surface area (TPSA) is 44.8 Å². The van der Waals surface area contributed by atoms with Gasteiger partial charge in [-0.15, -0.1) is 34.8 Å². The maximum Gasteiger partial charge on any atom is 0.475 e. The third-order valence-electron chi connectivity index (χ3n) is 2.83. The van der Waals surface area contributed by atoms with Crippen molar-refractivity contribution in [3.63, 3.8) is 0 Å². The largest absolute Gasteiger partial charge is 0.475 e. The predicted molar refractivity (Wildman–Crippen MR) is 85.2 cm³/mol. The first kappa shape index (κ1) is 21.0. The molecule has 0 aliphatic carbocycles. The van der Waals surface area contributed by atoms with Crippen molar-refractivity contribution >= 4 is 42.6 Å². The van der Waals surface area contributed by atoms with E-state index in [2.05, 4.69) is 0 Å². The Morgan fingerprint density at radius 3 is 1.00 bits per heavy atom. The lowest BCUT2D eigenvalue weighted by Gasteiger charge is -2.29. The van der Waals surface area contributed by atoms with E-state index in [4.69, 9.17) is 48.4 Å². The normalized spacial score (nSPS) is 24.2. The highest BCUT2D eigenvalue weighted by molar-refractivity contribution is 7.48. The van der Waals surface area contributed by atoms with Gasteiger partial charge in [-0.1, -0.05) is 0 Å². The Bertz CT molecular complexity index is 278. The van der Waals surface area contributed by atoms with Gasteiger partial charge in [-0.2, -0.15) is 0 Å². The molecular weight excluding hydrogens is 345 g/mol. The molecule has 0 rings (SSSR count). The molecule has 0 heterocycles. The molecule has 0 fully saturated rings. The highest BCUT2D eigenvalue weighted by Crippen LogP contribution is 2.54. The zero-order valence-electron chi connectivity index (χ0n) is 12.7. The van der Waals surface area contributed by atoms with Gasteiger partial charge in [0.1, 0.15) is 0 Å². The third-order valence-corrected chi connectivity index (χ3v) is 5.66. The molecule has 0 aliphatic heterocycles. The molecule has 8 heteroatoms. The van der Waals surface area contributed by atoms with Gasteiger partial charge in [-0.25, -0.2) is 4.57 Å². The van der Waals surface area contributed by atoms with Crippen LogP contribution in [0.1, 0.15) is 41.5 Å². The Morgan fingerprint density at radius 1 is 0.650 bits per heavy atom. The minimum atomic E-state index is -3.80. The molecule has 0 bridgehead atoms. The van der Waals surface area contributed by atoms with Crippen molar-refractivity contribution in [1.29, 1.82) is 0 Å². The number of phosphoric acid groups is 1. The van der Waals surface area contributed by atoms with Gasteiger partial charge in [-0.05, 0) is 41.5 Å². The molecule has 0 aromatic carbocycles. The molecule has 4 nitrogen and oxygen atoms in total. The summed E-state index contributed by atoms with van der Waals surface area (Å²) in [5.41, 5.74) is 0. The van der Waals surface area contributed by atoms with Crippen LogP contribution in [0, 0.1) is 0 Å². The van der Waals surface area contributed by atoms with Gasteiger partial charge in [0.25, 0.3) is 0 Å². The smallest absolute Gasteiger partial charge is 0.282 e. The number of halogens is 3. The Morgan fingerprint density at radius 2 is 0.850 bits per heavy atom. The molecular formula is C12H24Cl3O4P. The number of phosphoric ester groups is 1. The van der Waals surface area contributed by atoms with E-state index in [9.17, 15) is 4.57 Å². The minimum Gasteiger partial charge on any atom is -0.282 e. The summed E-state index contributed by atoms with van der Waals surface area (Å²) in [6.07, 6.45) is -1.51. The fourth-order valence-electron chi connectivity index (χ4n) is 0.937. The highest BCUT2D eigenvalue weighted by Gasteiger charge is 2.36. The summed E-state index contributed by atoms with van der Waals surface area (Å²) in [6, 6.07) is 0. The van der Waals surface area contributed by atoms with E-state index in [0.717, 1.165) is 0 Å². The Labute approximate surface area is 137 Å². The molecule has 122 valence electrons. The van der Waals surface area contributed by atoms with Crippen LogP contribution in [0.15, 0.2) is 0 Å². The summed E-state index contributed by atoms with van der Waals surface area (Å²) in [4.78, 5) is 0. The lowest BCUT2D eigenvalue weighted by Crippen LogP contribution is -2.26. The third kappa shape index (κ3) is 7.84. The lowest BCUT2D eigenvalue weighted by molar-refractivity contribution is 0.0431. The summed E-state index contributed by atoms with van der Waals surface area (Å²) in [5.74, 6) is 0. The molecule has 0 aliphatic rings. The van der Waals surface area contributed by atoms with Gasteiger partial charge in [0.15, 0.2) is 0 Å². The van der Waals surface area contributed by atoms with E-state index in [0.29, 0.717) is 0 Å². The van der Waals surface area contributed by atoms with E-state index >= 15 is 0 Å². The van der Waals surface area contributed by atoms with E-state index in [1.165, 1.54) is 0 Å². The second kappa shape index (κ2) is 9.19. The van der Waals surface area contributed by atoms with Crippen LogP contribution >= 0.6 is 42.6 Å². The predicted octanol–water partition coefficient (Wildman–Crippen LogP) is 5.19. The molecule has 0 saturated heterocycles. The van der Waals surface area contributed by atoms with Gasteiger partial charge in [-0.3, -0.25) is 13.6 Å². The molecule has 6 unspecified atom stereocenters. The van der Waals surface area contributed by atoms with E-state index in [1.807, 2.05) is 0 Å². The van der Waals surface area contributed by atoms with Crippen molar-refractivity contribution in [2.45, 2.75) is 76.0 Å². The van der Waals surface area contributed by atoms with Crippen molar-refractivity contribution in [3.05, 3.63) is 0 Å². The summed E-state index contributed by atoms with van der Waals surface area (Å²) < 4.78 is 28.9. The molecule has 0 saturated carbocycles.